The lowest BCUT2D eigenvalue weighted by Gasteiger charge is -2.10. The van der Waals surface area contributed by atoms with Crippen LogP contribution in [0.1, 0.15) is 20.7 Å². The van der Waals surface area contributed by atoms with E-state index >= 15 is 0 Å². The number of ether oxygens (including phenoxy) is 1. The highest BCUT2D eigenvalue weighted by atomic mass is 32.1. The second-order valence-electron chi connectivity index (χ2n) is 4.34. The van der Waals surface area contributed by atoms with E-state index in [1.54, 1.807) is 48.5 Å². The zero-order chi connectivity index (χ0) is 15.9. The lowest BCUT2D eigenvalue weighted by atomic mass is 10.2. The molecule has 0 heterocycles. The van der Waals surface area contributed by atoms with E-state index < -0.39 is 5.97 Å². The van der Waals surface area contributed by atoms with Crippen LogP contribution in [0.2, 0.25) is 0 Å². The van der Waals surface area contributed by atoms with Gasteiger partial charge in [-0.3, -0.25) is 10.1 Å². The lowest BCUT2D eigenvalue weighted by Crippen LogP contribution is -2.34. The Labute approximate surface area is 133 Å². The number of hydrogen-bond acceptors (Lipinski definition) is 4. The molecule has 0 saturated carbocycles. The largest absolute Gasteiger partial charge is 0.465 e. The summed E-state index contributed by atoms with van der Waals surface area (Å²) in [5.41, 5.74) is 1.62. The van der Waals surface area contributed by atoms with Crippen LogP contribution in [0.25, 0.3) is 0 Å². The number of hydrogen-bond donors (Lipinski definition) is 2. The van der Waals surface area contributed by atoms with Gasteiger partial charge in [0.15, 0.2) is 5.11 Å². The summed E-state index contributed by atoms with van der Waals surface area (Å²) in [4.78, 5) is 23.3. The Hall–Kier alpha value is -2.73. The Balaban J connectivity index is 1.95. The van der Waals surface area contributed by atoms with Gasteiger partial charge in [0.25, 0.3) is 5.91 Å². The van der Waals surface area contributed by atoms with Crippen LogP contribution in [0.5, 0.6) is 0 Å². The van der Waals surface area contributed by atoms with Crippen LogP contribution in [-0.2, 0) is 4.74 Å². The summed E-state index contributed by atoms with van der Waals surface area (Å²) < 4.78 is 4.62. The predicted octanol–water partition coefficient (Wildman–Crippen LogP) is 2.60. The molecule has 2 aromatic rings. The molecule has 6 heteroatoms. The van der Waals surface area contributed by atoms with Crippen molar-refractivity contribution in [3.63, 3.8) is 0 Å². The number of rotatable bonds is 3. The maximum Gasteiger partial charge on any atom is 0.337 e. The topological polar surface area (TPSA) is 67.4 Å². The van der Waals surface area contributed by atoms with Crippen molar-refractivity contribution in [3.05, 3.63) is 65.7 Å². The molecule has 0 aliphatic rings. The maximum absolute atomic E-state index is 11.9. The molecule has 0 aromatic heterocycles. The van der Waals surface area contributed by atoms with Crippen molar-refractivity contribution in [1.29, 1.82) is 0 Å². The zero-order valence-electron chi connectivity index (χ0n) is 11.8. The van der Waals surface area contributed by atoms with Gasteiger partial charge in [-0.05, 0) is 48.6 Å². The van der Waals surface area contributed by atoms with Crippen LogP contribution in [-0.4, -0.2) is 24.1 Å². The summed E-state index contributed by atoms with van der Waals surface area (Å²) in [6, 6.07) is 15.3. The van der Waals surface area contributed by atoms with Crippen molar-refractivity contribution in [2.24, 2.45) is 0 Å². The standard InChI is InChI=1S/C16H14N2O3S/c1-21-15(20)12-7-9-13(10-8-12)17-16(22)18-14(19)11-5-3-2-4-6-11/h2-10H,1H3,(H2,17,18,19,22). The molecule has 2 aromatic carbocycles. The molecule has 0 unspecified atom stereocenters. The minimum atomic E-state index is -0.411. The minimum Gasteiger partial charge on any atom is -0.465 e. The van der Waals surface area contributed by atoms with Crippen LogP contribution >= 0.6 is 12.2 Å². The van der Waals surface area contributed by atoms with E-state index in [4.69, 9.17) is 12.2 Å². The number of amides is 1. The van der Waals surface area contributed by atoms with Gasteiger partial charge >= 0.3 is 5.97 Å². The molecule has 2 N–H and O–H groups in total. The number of carbonyl (C=O) groups is 2. The number of thiocarbonyl (C=S) groups is 1. The fourth-order valence-corrected chi connectivity index (χ4v) is 1.95. The first-order valence-electron chi connectivity index (χ1n) is 6.46. The van der Waals surface area contributed by atoms with Crippen LogP contribution < -0.4 is 10.6 Å². The average molecular weight is 314 g/mol. The van der Waals surface area contributed by atoms with Gasteiger partial charge in [-0.2, -0.15) is 0 Å². The van der Waals surface area contributed by atoms with Crippen LogP contribution in [0.15, 0.2) is 54.6 Å². The Kier molecular flexibility index (Phi) is 5.21. The molecule has 0 atom stereocenters. The number of methoxy groups -OCH3 is 1. The molecule has 0 spiro atoms. The molecule has 0 aliphatic heterocycles. The second kappa shape index (κ2) is 7.33. The van der Waals surface area contributed by atoms with Crippen LogP contribution in [0.4, 0.5) is 5.69 Å². The van der Waals surface area contributed by atoms with E-state index in [0.29, 0.717) is 16.8 Å². The lowest BCUT2D eigenvalue weighted by molar-refractivity contribution is 0.0600. The third kappa shape index (κ3) is 4.13. The Morgan fingerprint density at radius 2 is 1.59 bits per heavy atom. The average Bonchev–Trinajstić information content (AvgIpc) is 2.55. The molecule has 0 radical (unpaired) electrons. The van der Waals surface area contributed by atoms with Crippen molar-refractivity contribution < 1.29 is 14.3 Å². The van der Waals surface area contributed by atoms with Crippen LogP contribution in [0.3, 0.4) is 0 Å². The van der Waals surface area contributed by atoms with Gasteiger partial charge < -0.3 is 10.1 Å². The van der Waals surface area contributed by atoms with E-state index in [1.165, 1.54) is 7.11 Å². The predicted molar refractivity (Wildman–Crippen MR) is 87.9 cm³/mol. The van der Waals surface area contributed by atoms with Crippen molar-refractivity contribution in [2.75, 3.05) is 12.4 Å². The van der Waals surface area contributed by atoms with Crippen molar-refractivity contribution in [3.8, 4) is 0 Å². The van der Waals surface area contributed by atoms with Gasteiger partial charge in [-0.15, -0.1) is 0 Å². The fourth-order valence-electron chi connectivity index (χ4n) is 1.73. The Bertz CT molecular complexity index is 684. The summed E-state index contributed by atoms with van der Waals surface area (Å²) in [6.07, 6.45) is 0. The molecule has 0 fully saturated rings. The quantitative estimate of drug-likeness (QED) is 0.673. The molecular weight excluding hydrogens is 300 g/mol. The van der Waals surface area contributed by atoms with E-state index in [0.717, 1.165) is 0 Å². The smallest absolute Gasteiger partial charge is 0.337 e. The first kappa shape index (κ1) is 15.7. The molecular formula is C16H14N2O3S. The third-order valence-electron chi connectivity index (χ3n) is 2.83. The van der Waals surface area contributed by atoms with Gasteiger partial charge in [0.05, 0.1) is 12.7 Å². The number of esters is 1. The van der Waals surface area contributed by atoms with Crippen molar-refractivity contribution >= 4 is 34.9 Å². The molecule has 0 bridgehead atoms. The molecule has 112 valence electrons. The highest BCUT2D eigenvalue weighted by Gasteiger charge is 2.08. The maximum atomic E-state index is 11.9. The fraction of sp³-hybridized carbons (Fsp3) is 0.0625. The third-order valence-corrected chi connectivity index (χ3v) is 3.03. The minimum absolute atomic E-state index is 0.180. The molecule has 1 amide bonds. The number of nitrogens with one attached hydrogen (secondary N) is 2. The molecule has 5 nitrogen and oxygen atoms in total. The summed E-state index contributed by atoms with van der Waals surface area (Å²) in [5, 5.41) is 5.64. The van der Waals surface area contributed by atoms with Gasteiger partial charge in [0, 0.05) is 11.3 Å². The van der Waals surface area contributed by atoms with E-state index in [9.17, 15) is 9.59 Å². The van der Waals surface area contributed by atoms with Gasteiger partial charge in [-0.25, -0.2) is 4.79 Å². The SMILES string of the molecule is COC(=O)c1ccc(NC(=S)NC(=O)c2ccccc2)cc1. The van der Waals surface area contributed by atoms with Crippen molar-refractivity contribution in [2.45, 2.75) is 0 Å². The van der Waals surface area contributed by atoms with E-state index in [1.807, 2.05) is 6.07 Å². The second-order valence-corrected chi connectivity index (χ2v) is 4.75. The van der Waals surface area contributed by atoms with Gasteiger partial charge in [0.1, 0.15) is 0 Å². The summed E-state index contributed by atoms with van der Waals surface area (Å²) >= 11 is 5.08. The van der Waals surface area contributed by atoms with Gasteiger partial charge in [0.2, 0.25) is 0 Å². The van der Waals surface area contributed by atoms with E-state index in [2.05, 4.69) is 15.4 Å². The van der Waals surface area contributed by atoms with Gasteiger partial charge in [-0.1, -0.05) is 18.2 Å². The first-order valence-corrected chi connectivity index (χ1v) is 6.87. The molecule has 2 rings (SSSR count). The normalized spacial score (nSPS) is 9.68. The van der Waals surface area contributed by atoms with Crippen molar-refractivity contribution in [1.82, 2.24) is 5.32 Å². The summed E-state index contributed by atoms with van der Waals surface area (Å²) in [5.74, 6) is -0.698. The number of anilines is 1. The zero-order valence-corrected chi connectivity index (χ0v) is 12.6. The highest BCUT2D eigenvalue weighted by molar-refractivity contribution is 7.80. The Morgan fingerprint density at radius 1 is 0.955 bits per heavy atom. The van der Waals surface area contributed by atoms with E-state index in [-0.39, 0.29) is 11.0 Å². The number of carbonyl (C=O) groups excluding carboxylic acids is 2. The van der Waals surface area contributed by atoms with Crippen LogP contribution in [0, 0.1) is 0 Å². The summed E-state index contributed by atoms with van der Waals surface area (Å²) in [7, 11) is 1.32. The first-order chi connectivity index (χ1) is 10.6. The Morgan fingerprint density at radius 3 is 2.18 bits per heavy atom. The monoisotopic (exact) mass is 314 g/mol. The molecule has 22 heavy (non-hydrogen) atoms. The number of benzene rings is 2. The summed E-state index contributed by atoms with van der Waals surface area (Å²) in [6.45, 7) is 0. The molecule has 0 aliphatic carbocycles. The molecule has 0 saturated heterocycles. The highest BCUT2D eigenvalue weighted by Crippen LogP contribution is 2.10.